The molecule has 1 N–H and O–H groups in total. The number of aromatic nitrogens is 2. The van der Waals surface area contributed by atoms with Crippen molar-refractivity contribution in [2.24, 2.45) is 12.0 Å². The minimum atomic E-state index is 0.0511. The van der Waals surface area contributed by atoms with Crippen LogP contribution >= 0.6 is 0 Å². The lowest BCUT2D eigenvalue weighted by atomic mass is 10.1. The average Bonchev–Trinajstić information content (AvgIpc) is 3.07. The molecule has 0 fully saturated rings. The van der Waals surface area contributed by atoms with E-state index in [9.17, 15) is 4.79 Å². The Morgan fingerprint density at radius 2 is 1.93 bits per heavy atom. The molecule has 7 heteroatoms. The number of carbonyl (C=O) groups is 1. The summed E-state index contributed by atoms with van der Waals surface area (Å²) < 4.78 is 1.85. The number of guanidine groups is 1. The number of hydrogen-bond donors (Lipinski definition) is 1. The van der Waals surface area contributed by atoms with E-state index in [1.165, 1.54) is 5.56 Å². The van der Waals surface area contributed by atoms with Gasteiger partial charge in [-0.25, -0.2) is 0 Å². The molecule has 0 saturated heterocycles. The van der Waals surface area contributed by atoms with E-state index in [0.717, 1.165) is 11.3 Å². The second kappa shape index (κ2) is 10.6. The minimum Gasteiger partial charge on any atom is -0.347 e. The number of benzene rings is 1. The van der Waals surface area contributed by atoms with Gasteiger partial charge >= 0.3 is 0 Å². The van der Waals surface area contributed by atoms with Gasteiger partial charge in [0.2, 0.25) is 5.91 Å². The van der Waals surface area contributed by atoms with Crippen LogP contribution in [0.3, 0.4) is 0 Å². The van der Waals surface area contributed by atoms with E-state index in [1.54, 1.807) is 7.05 Å². The molecule has 2 rings (SSSR count). The molecule has 0 aliphatic carbocycles. The van der Waals surface area contributed by atoms with Gasteiger partial charge in [0.05, 0.1) is 12.2 Å². The molecular weight excluding hydrogens is 364 g/mol. The first-order chi connectivity index (χ1) is 13.8. The van der Waals surface area contributed by atoms with E-state index >= 15 is 0 Å². The fraction of sp³-hybridized carbons (Fsp3) is 0.500. The van der Waals surface area contributed by atoms with E-state index in [2.05, 4.69) is 29.3 Å². The monoisotopic (exact) mass is 398 g/mol. The second-order valence-electron chi connectivity index (χ2n) is 7.52. The van der Waals surface area contributed by atoms with Crippen molar-refractivity contribution in [2.75, 3.05) is 27.2 Å². The van der Waals surface area contributed by atoms with Crippen LogP contribution in [0.1, 0.15) is 43.5 Å². The van der Waals surface area contributed by atoms with Crippen LogP contribution in [0.4, 0.5) is 0 Å². The summed E-state index contributed by atoms with van der Waals surface area (Å²) in [5.41, 5.74) is 3.38. The number of nitrogens with one attached hydrogen (secondary N) is 1. The van der Waals surface area contributed by atoms with Gasteiger partial charge in [-0.2, -0.15) is 5.10 Å². The maximum atomic E-state index is 12.7. The van der Waals surface area contributed by atoms with Gasteiger partial charge in [-0.05, 0) is 18.4 Å². The topological polar surface area (TPSA) is 65.8 Å². The van der Waals surface area contributed by atoms with Crippen LogP contribution < -0.4 is 5.32 Å². The number of aryl methyl sites for hydroxylation is 1. The Morgan fingerprint density at radius 1 is 1.24 bits per heavy atom. The van der Waals surface area contributed by atoms with Crippen LogP contribution in [0, 0.1) is 0 Å². The largest absolute Gasteiger partial charge is 0.347 e. The SMILES string of the molecule is CCN(Cc1ccccc1)C(=O)CNC(=NC)N(C)Cc1cn(C)nc1C(C)C. The molecule has 7 nitrogen and oxygen atoms in total. The summed E-state index contributed by atoms with van der Waals surface area (Å²) in [5.74, 6) is 1.09. The van der Waals surface area contributed by atoms with Gasteiger partial charge < -0.3 is 15.1 Å². The summed E-state index contributed by atoms with van der Waals surface area (Å²) in [6.07, 6.45) is 2.04. The van der Waals surface area contributed by atoms with E-state index in [-0.39, 0.29) is 12.5 Å². The maximum Gasteiger partial charge on any atom is 0.242 e. The zero-order valence-corrected chi connectivity index (χ0v) is 18.5. The number of rotatable bonds is 8. The van der Waals surface area contributed by atoms with Crippen molar-refractivity contribution in [1.82, 2.24) is 24.9 Å². The summed E-state index contributed by atoms with van der Waals surface area (Å²) in [4.78, 5) is 20.9. The molecule has 1 heterocycles. The highest BCUT2D eigenvalue weighted by Gasteiger charge is 2.17. The highest BCUT2D eigenvalue weighted by Crippen LogP contribution is 2.18. The van der Waals surface area contributed by atoms with Gasteiger partial charge in [0.15, 0.2) is 5.96 Å². The lowest BCUT2D eigenvalue weighted by Crippen LogP contribution is -2.44. The van der Waals surface area contributed by atoms with Crippen LogP contribution in [-0.2, 0) is 24.9 Å². The third-order valence-corrected chi connectivity index (χ3v) is 4.81. The predicted octanol–water partition coefficient (Wildman–Crippen LogP) is 2.60. The molecule has 0 atom stereocenters. The fourth-order valence-corrected chi connectivity index (χ4v) is 3.32. The highest BCUT2D eigenvalue weighted by molar-refractivity contribution is 5.86. The smallest absolute Gasteiger partial charge is 0.242 e. The predicted molar refractivity (Wildman–Crippen MR) is 118 cm³/mol. The van der Waals surface area contributed by atoms with Crippen molar-refractivity contribution in [1.29, 1.82) is 0 Å². The van der Waals surface area contributed by atoms with Gasteiger partial charge in [-0.3, -0.25) is 14.5 Å². The first-order valence-corrected chi connectivity index (χ1v) is 10.1. The third-order valence-electron chi connectivity index (χ3n) is 4.81. The Hall–Kier alpha value is -2.83. The average molecular weight is 399 g/mol. The van der Waals surface area contributed by atoms with Crippen LogP contribution in [0.25, 0.3) is 0 Å². The van der Waals surface area contributed by atoms with Crippen LogP contribution in [-0.4, -0.2) is 58.6 Å². The van der Waals surface area contributed by atoms with Gasteiger partial charge in [0.25, 0.3) is 0 Å². The molecular formula is C22H34N6O. The summed E-state index contributed by atoms with van der Waals surface area (Å²) >= 11 is 0. The minimum absolute atomic E-state index is 0.0511. The van der Waals surface area contributed by atoms with Gasteiger partial charge in [0.1, 0.15) is 0 Å². The molecule has 0 radical (unpaired) electrons. The Labute approximate surface area is 174 Å². The zero-order valence-electron chi connectivity index (χ0n) is 18.5. The molecule has 0 bridgehead atoms. The normalized spacial score (nSPS) is 11.6. The van der Waals surface area contributed by atoms with Crippen LogP contribution in [0.5, 0.6) is 0 Å². The standard InChI is InChI=1S/C22H34N6O/c1-7-28(14-18-11-9-8-10-12-18)20(29)13-24-22(23-4)26(5)15-19-16-27(6)25-21(19)17(2)3/h8-12,16-17H,7,13-15H2,1-6H3,(H,23,24). The van der Waals surface area contributed by atoms with Gasteiger partial charge in [0, 0.05) is 52.5 Å². The number of nitrogens with zero attached hydrogens (tertiary/aromatic N) is 5. The number of hydrogen-bond acceptors (Lipinski definition) is 3. The first kappa shape index (κ1) is 22.5. The van der Waals surface area contributed by atoms with E-state index in [0.29, 0.717) is 31.5 Å². The fourth-order valence-electron chi connectivity index (χ4n) is 3.32. The lowest BCUT2D eigenvalue weighted by molar-refractivity contribution is -0.130. The number of likely N-dealkylation sites (N-methyl/N-ethyl adjacent to an activating group) is 1. The Balaban J connectivity index is 1.96. The molecule has 0 unspecified atom stereocenters. The molecule has 2 aromatic rings. The summed E-state index contributed by atoms with van der Waals surface area (Å²) in [7, 11) is 5.64. The van der Waals surface area contributed by atoms with E-state index in [4.69, 9.17) is 0 Å². The number of carbonyl (C=O) groups excluding carboxylic acids is 1. The molecule has 0 spiro atoms. The number of amides is 1. The Kier molecular flexibility index (Phi) is 8.24. The van der Waals surface area contributed by atoms with Crippen molar-refractivity contribution in [3.8, 4) is 0 Å². The molecule has 1 aromatic heterocycles. The maximum absolute atomic E-state index is 12.7. The molecule has 0 saturated carbocycles. The molecule has 0 aliphatic rings. The lowest BCUT2D eigenvalue weighted by Gasteiger charge is -2.25. The van der Waals surface area contributed by atoms with Crippen LogP contribution in [0.15, 0.2) is 41.5 Å². The van der Waals surface area contributed by atoms with Gasteiger partial charge in [-0.15, -0.1) is 0 Å². The summed E-state index contributed by atoms with van der Waals surface area (Å²) in [6.45, 7) is 8.44. The van der Waals surface area contributed by atoms with Crippen molar-refractivity contribution in [3.63, 3.8) is 0 Å². The van der Waals surface area contributed by atoms with Crippen LogP contribution in [0.2, 0.25) is 0 Å². The molecule has 29 heavy (non-hydrogen) atoms. The van der Waals surface area contributed by atoms with Crippen molar-refractivity contribution in [2.45, 2.75) is 39.8 Å². The Bertz CT molecular complexity index is 812. The molecule has 158 valence electrons. The van der Waals surface area contributed by atoms with Crippen molar-refractivity contribution in [3.05, 3.63) is 53.3 Å². The summed E-state index contributed by atoms with van der Waals surface area (Å²) in [5, 5.41) is 7.77. The van der Waals surface area contributed by atoms with E-state index in [1.807, 2.05) is 72.0 Å². The summed E-state index contributed by atoms with van der Waals surface area (Å²) in [6, 6.07) is 10.0. The first-order valence-electron chi connectivity index (χ1n) is 10.1. The molecule has 0 aliphatic heterocycles. The zero-order chi connectivity index (χ0) is 21.4. The third kappa shape index (κ3) is 6.34. The van der Waals surface area contributed by atoms with E-state index < -0.39 is 0 Å². The van der Waals surface area contributed by atoms with Crippen molar-refractivity contribution >= 4 is 11.9 Å². The Morgan fingerprint density at radius 3 is 2.52 bits per heavy atom. The van der Waals surface area contributed by atoms with Crippen molar-refractivity contribution < 1.29 is 4.79 Å². The molecule has 1 amide bonds. The second-order valence-corrected chi connectivity index (χ2v) is 7.52. The quantitative estimate of drug-likeness (QED) is 0.548. The number of aliphatic imine (C=N–C) groups is 1. The van der Waals surface area contributed by atoms with Gasteiger partial charge in [-0.1, -0.05) is 44.2 Å². The molecule has 1 aromatic carbocycles. The highest BCUT2D eigenvalue weighted by atomic mass is 16.2.